The highest BCUT2D eigenvalue weighted by atomic mass is 32.1. The predicted octanol–water partition coefficient (Wildman–Crippen LogP) is 4.73. The highest BCUT2D eigenvalue weighted by Gasteiger charge is 2.50. The van der Waals surface area contributed by atoms with E-state index in [9.17, 15) is 19.1 Å². The lowest BCUT2D eigenvalue weighted by molar-refractivity contribution is -0.125. The molecule has 2 aromatic heterocycles. The molecule has 3 aliphatic rings. The van der Waals surface area contributed by atoms with Gasteiger partial charge in [0.05, 0.1) is 22.0 Å². The monoisotopic (exact) mass is 551 g/mol. The quantitative estimate of drug-likeness (QED) is 0.352. The number of likely N-dealkylation sites (tertiary alicyclic amines) is 1. The smallest absolute Gasteiger partial charge is 0.268 e. The van der Waals surface area contributed by atoms with Crippen molar-refractivity contribution in [2.45, 2.75) is 69.9 Å². The lowest BCUT2D eigenvalue weighted by Gasteiger charge is -2.46. The summed E-state index contributed by atoms with van der Waals surface area (Å²) in [4.78, 5) is 33.0. The largest absolute Gasteiger partial charge is 0.393 e. The summed E-state index contributed by atoms with van der Waals surface area (Å²) in [6, 6.07) is 9.97. The van der Waals surface area contributed by atoms with E-state index in [1.54, 1.807) is 12.1 Å². The molecule has 6 rings (SSSR count). The normalized spacial score (nSPS) is 26.8. The minimum absolute atomic E-state index is 0.0215. The summed E-state index contributed by atoms with van der Waals surface area (Å²) >= 11 is 1.15. The number of hydrogen-bond acceptors (Lipinski definition) is 6. The minimum atomic E-state index is -1.12. The van der Waals surface area contributed by atoms with Crippen LogP contribution in [-0.2, 0) is 11.3 Å². The molecular formula is C29H34FN5O3S. The van der Waals surface area contributed by atoms with E-state index < -0.39 is 6.17 Å². The summed E-state index contributed by atoms with van der Waals surface area (Å²) in [5, 5.41) is 16.0. The molecule has 1 saturated heterocycles. The zero-order valence-corrected chi connectivity index (χ0v) is 22.8. The molecule has 8 nitrogen and oxygen atoms in total. The lowest BCUT2D eigenvalue weighted by atomic mass is 9.64. The molecule has 1 aromatic carbocycles. The van der Waals surface area contributed by atoms with Gasteiger partial charge in [0.2, 0.25) is 11.9 Å². The maximum Gasteiger partial charge on any atom is 0.268 e. The van der Waals surface area contributed by atoms with Gasteiger partial charge in [-0.25, -0.2) is 9.37 Å². The van der Waals surface area contributed by atoms with Crippen molar-refractivity contribution < 1.29 is 19.1 Å². The molecule has 1 aliphatic heterocycles. The lowest BCUT2D eigenvalue weighted by Crippen LogP contribution is -2.43. The molecule has 2 saturated carbocycles. The van der Waals surface area contributed by atoms with Crippen LogP contribution in [0.3, 0.4) is 0 Å². The van der Waals surface area contributed by atoms with E-state index in [1.807, 2.05) is 11.0 Å². The molecule has 1 atom stereocenters. The predicted molar refractivity (Wildman–Crippen MR) is 149 cm³/mol. The van der Waals surface area contributed by atoms with E-state index >= 15 is 0 Å². The number of fused-ring (bicyclic) bond motifs is 1. The van der Waals surface area contributed by atoms with Crippen molar-refractivity contribution in [3.05, 3.63) is 58.3 Å². The summed E-state index contributed by atoms with van der Waals surface area (Å²) < 4.78 is 15.9. The maximum absolute atomic E-state index is 13.8. The van der Waals surface area contributed by atoms with Crippen LogP contribution >= 0.6 is 11.3 Å². The van der Waals surface area contributed by atoms with Crippen LogP contribution in [0.2, 0.25) is 0 Å². The van der Waals surface area contributed by atoms with E-state index in [2.05, 4.69) is 33.9 Å². The highest BCUT2D eigenvalue weighted by Crippen LogP contribution is 2.55. The number of hydrogen-bond donors (Lipinski definition) is 3. The number of amides is 2. The van der Waals surface area contributed by atoms with Gasteiger partial charge in [0.1, 0.15) is 6.17 Å². The van der Waals surface area contributed by atoms with E-state index in [0.717, 1.165) is 73.1 Å². The standard InChI is InChI=1S/C29H34FN5O3S/c1-3-26(37)34-9-8-29(16-34)13-20(14-29)35-23-5-4-18(15-31-19-11-21(36)12-19)10-22(23)32-28(35)33-27(38)25-7-6-24(39-25)17(2)30/h3-7,10,17,19-21,31,36H,1,8-9,11-16H2,2H3,(H,32,33,38). The number of aromatic nitrogens is 2. The fraction of sp³-hybridized carbons (Fsp3) is 0.483. The third-order valence-electron chi connectivity index (χ3n) is 8.56. The van der Waals surface area contributed by atoms with Crippen molar-refractivity contribution in [1.82, 2.24) is 19.8 Å². The fourth-order valence-corrected chi connectivity index (χ4v) is 7.12. The van der Waals surface area contributed by atoms with Crippen molar-refractivity contribution in [3.8, 4) is 0 Å². The van der Waals surface area contributed by atoms with Gasteiger partial charge in [0, 0.05) is 36.6 Å². The zero-order chi connectivity index (χ0) is 27.3. The number of carbonyl (C=O) groups excluding carboxylic acids is 2. The van der Waals surface area contributed by atoms with Crippen molar-refractivity contribution in [2.75, 3.05) is 18.4 Å². The number of aliphatic hydroxyl groups excluding tert-OH is 1. The topological polar surface area (TPSA) is 99.5 Å². The Kier molecular flexibility index (Phi) is 6.81. The first-order valence-corrected chi connectivity index (χ1v) is 14.4. The van der Waals surface area contributed by atoms with Gasteiger partial charge in [0.25, 0.3) is 5.91 Å². The van der Waals surface area contributed by atoms with Gasteiger partial charge < -0.3 is 19.9 Å². The second-order valence-corrected chi connectivity index (χ2v) is 12.5. The van der Waals surface area contributed by atoms with Crippen LogP contribution in [0.25, 0.3) is 11.0 Å². The van der Waals surface area contributed by atoms with Gasteiger partial charge in [-0.2, -0.15) is 0 Å². The van der Waals surface area contributed by atoms with Gasteiger partial charge in [-0.15, -0.1) is 11.3 Å². The van der Waals surface area contributed by atoms with Crippen LogP contribution in [0.15, 0.2) is 43.0 Å². The van der Waals surface area contributed by atoms with Crippen molar-refractivity contribution in [1.29, 1.82) is 0 Å². The molecule has 39 heavy (non-hydrogen) atoms. The van der Waals surface area contributed by atoms with Crippen molar-refractivity contribution in [3.63, 3.8) is 0 Å². The van der Waals surface area contributed by atoms with Crippen LogP contribution in [0.5, 0.6) is 0 Å². The van der Waals surface area contributed by atoms with Crippen LogP contribution in [0.1, 0.15) is 71.4 Å². The summed E-state index contributed by atoms with van der Waals surface area (Å²) in [5.41, 5.74) is 2.93. The number of aliphatic hydroxyl groups is 1. The van der Waals surface area contributed by atoms with Gasteiger partial charge in [-0.3, -0.25) is 14.9 Å². The number of rotatable bonds is 8. The van der Waals surface area contributed by atoms with Gasteiger partial charge >= 0.3 is 0 Å². The third kappa shape index (κ3) is 5.01. The van der Waals surface area contributed by atoms with Crippen LogP contribution < -0.4 is 10.6 Å². The number of benzene rings is 1. The number of imidazole rings is 1. The highest BCUT2D eigenvalue weighted by molar-refractivity contribution is 7.14. The number of carbonyl (C=O) groups is 2. The molecule has 206 valence electrons. The first-order valence-electron chi connectivity index (χ1n) is 13.6. The number of thiophene rings is 1. The van der Waals surface area contributed by atoms with Gasteiger partial charge in [-0.05, 0) is 80.3 Å². The second-order valence-electron chi connectivity index (χ2n) is 11.4. The minimum Gasteiger partial charge on any atom is -0.393 e. The Morgan fingerprint density at radius 2 is 2.10 bits per heavy atom. The number of anilines is 1. The van der Waals surface area contributed by atoms with E-state index in [0.29, 0.717) is 28.3 Å². The fourth-order valence-electron chi connectivity index (χ4n) is 6.29. The average molecular weight is 552 g/mol. The van der Waals surface area contributed by atoms with Gasteiger partial charge in [-0.1, -0.05) is 12.6 Å². The molecule has 2 aliphatic carbocycles. The Labute approximate surface area is 230 Å². The Morgan fingerprint density at radius 3 is 2.79 bits per heavy atom. The van der Waals surface area contributed by atoms with E-state index in [1.165, 1.54) is 13.0 Å². The number of alkyl halides is 1. The van der Waals surface area contributed by atoms with Crippen LogP contribution in [0.4, 0.5) is 10.3 Å². The Morgan fingerprint density at radius 1 is 1.31 bits per heavy atom. The third-order valence-corrected chi connectivity index (χ3v) is 9.79. The molecule has 1 unspecified atom stereocenters. The van der Waals surface area contributed by atoms with Crippen LogP contribution in [0, 0.1) is 5.41 Å². The maximum atomic E-state index is 13.8. The first-order chi connectivity index (χ1) is 18.7. The summed E-state index contributed by atoms with van der Waals surface area (Å²) in [6.07, 6.45) is 4.37. The van der Waals surface area contributed by atoms with Crippen molar-refractivity contribution in [2.24, 2.45) is 5.41 Å². The number of halogens is 1. The Hall–Kier alpha value is -3.08. The second kappa shape index (κ2) is 10.1. The van der Waals surface area contributed by atoms with Gasteiger partial charge in [0.15, 0.2) is 0 Å². The summed E-state index contributed by atoms with van der Waals surface area (Å²) in [7, 11) is 0. The first kappa shape index (κ1) is 26.2. The average Bonchev–Trinajstić information content (AvgIpc) is 3.61. The molecular weight excluding hydrogens is 517 g/mol. The Balaban J connectivity index is 1.25. The molecule has 3 N–H and O–H groups in total. The zero-order valence-electron chi connectivity index (χ0n) is 22.0. The molecule has 10 heteroatoms. The molecule has 3 fully saturated rings. The van der Waals surface area contributed by atoms with E-state index in [-0.39, 0.29) is 29.4 Å². The summed E-state index contributed by atoms with van der Waals surface area (Å²) in [5.74, 6) is 0.167. The molecule has 2 amide bonds. The molecule has 1 spiro atoms. The van der Waals surface area contributed by atoms with Crippen molar-refractivity contribution >= 4 is 40.1 Å². The molecule has 0 radical (unpaired) electrons. The molecule has 3 aromatic rings. The SMILES string of the molecule is C=CC(=O)N1CCC2(CC(n3c(NC(=O)c4ccc(C(C)F)s4)nc4cc(CNC5CC(O)C5)ccc43)C2)C1. The molecule has 3 heterocycles. The summed E-state index contributed by atoms with van der Waals surface area (Å²) in [6.45, 7) is 7.24. The molecule has 0 bridgehead atoms. The van der Waals surface area contributed by atoms with E-state index in [4.69, 9.17) is 4.98 Å². The Bertz CT molecular complexity index is 1420. The number of nitrogens with one attached hydrogen (secondary N) is 2. The number of nitrogens with zero attached hydrogens (tertiary/aromatic N) is 3. The van der Waals surface area contributed by atoms with Crippen LogP contribution in [-0.4, -0.2) is 56.6 Å².